The number of esters is 1. The molecule has 0 amide bonds. The third-order valence-electron chi connectivity index (χ3n) is 2.71. The maximum absolute atomic E-state index is 12.8. The predicted molar refractivity (Wildman–Crippen MR) is 73.0 cm³/mol. The summed E-state index contributed by atoms with van der Waals surface area (Å²) in [6.07, 6.45) is -0.286. The summed E-state index contributed by atoms with van der Waals surface area (Å²) in [6.45, 7) is 1.99. The van der Waals surface area contributed by atoms with E-state index in [1.807, 2.05) is 0 Å². The van der Waals surface area contributed by atoms with Crippen LogP contribution in [-0.4, -0.2) is 23.7 Å². The van der Waals surface area contributed by atoms with Gasteiger partial charge < -0.3 is 9.84 Å². The van der Waals surface area contributed by atoms with Crippen molar-refractivity contribution in [2.24, 2.45) is 0 Å². The summed E-state index contributed by atoms with van der Waals surface area (Å²) in [4.78, 5) is 21.7. The normalized spacial score (nSPS) is 11.0. The Morgan fingerprint density at radius 3 is 2.67 bits per heavy atom. The summed E-state index contributed by atoms with van der Waals surface area (Å²) >= 11 is 0. The van der Waals surface area contributed by atoms with Gasteiger partial charge in [-0.25, -0.2) is 13.6 Å². The van der Waals surface area contributed by atoms with Crippen molar-refractivity contribution in [3.05, 3.63) is 41.0 Å². The van der Waals surface area contributed by atoms with Gasteiger partial charge in [-0.2, -0.15) is 0 Å². The van der Waals surface area contributed by atoms with Gasteiger partial charge in [-0.05, 0) is 30.5 Å². The Morgan fingerprint density at radius 1 is 1.38 bits per heavy atom. The van der Waals surface area contributed by atoms with Gasteiger partial charge in [-0.1, -0.05) is 18.2 Å². The number of benzene rings is 1. The Morgan fingerprint density at radius 2 is 2.10 bits per heavy atom. The predicted octanol–water partition coefficient (Wildman–Crippen LogP) is 3.22. The molecule has 4 nitrogen and oxygen atoms in total. The first-order valence-electron chi connectivity index (χ1n) is 6.41. The van der Waals surface area contributed by atoms with E-state index >= 15 is 0 Å². The summed E-state index contributed by atoms with van der Waals surface area (Å²) in [5.41, 5.74) is 0.554. The van der Waals surface area contributed by atoms with Gasteiger partial charge in [-0.15, -0.1) is 0 Å². The van der Waals surface area contributed by atoms with Gasteiger partial charge >= 0.3 is 11.9 Å². The summed E-state index contributed by atoms with van der Waals surface area (Å²) in [6, 6.07) is 4.20. The van der Waals surface area contributed by atoms with Gasteiger partial charge in [0.2, 0.25) is 0 Å². The molecule has 0 radical (unpaired) electrons. The molecular weight excluding hydrogens is 282 g/mol. The number of aliphatic carboxylic acids is 1. The van der Waals surface area contributed by atoms with Gasteiger partial charge in [-0.3, -0.25) is 4.79 Å². The van der Waals surface area contributed by atoms with Crippen molar-refractivity contribution in [3.63, 3.8) is 0 Å². The topological polar surface area (TPSA) is 63.6 Å². The number of hydrogen-bond acceptors (Lipinski definition) is 3. The largest absolute Gasteiger partial charge is 0.478 e. The van der Waals surface area contributed by atoms with E-state index in [1.54, 1.807) is 6.92 Å². The second-order valence-electron chi connectivity index (χ2n) is 4.24. The molecule has 21 heavy (non-hydrogen) atoms. The van der Waals surface area contributed by atoms with E-state index in [4.69, 9.17) is 9.84 Å². The first kappa shape index (κ1) is 16.8. The average Bonchev–Trinajstić information content (AvgIpc) is 2.43. The van der Waals surface area contributed by atoms with Gasteiger partial charge in [0.05, 0.1) is 6.61 Å². The summed E-state index contributed by atoms with van der Waals surface area (Å²) < 4.78 is 30.5. The highest BCUT2D eigenvalue weighted by Gasteiger charge is 2.12. The molecule has 0 aromatic heterocycles. The van der Waals surface area contributed by atoms with E-state index in [-0.39, 0.29) is 30.1 Å². The zero-order chi connectivity index (χ0) is 15.8. The van der Waals surface area contributed by atoms with Crippen molar-refractivity contribution < 1.29 is 28.2 Å². The summed E-state index contributed by atoms with van der Waals surface area (Å²) in [7, 11) is 0. The van der Waals surface area contributed by atoms with Gasteiger partial charge in [0, 0.05) is 18.1 Å². The number of alkyl halides is 2. The second-order valence-corrected chi connectivity index (χ2v) is 4.24. The Balaban J connectivity index is 2.90. The van der Waals surface area contributed by atoms with E-state index in [1.165, 1.54) is 18.2 Å². The number of carbonyl (C=O) groups is 2. The molecule has 0 saturated carbocycles. The minimum atomic E-state index is -2.70. The van der Waals surface area contributed by atoms with Crippen molar-refractivity contribution in [3.8, 4) is 0 Å². The number of ether oxygens (including phenoxy) is 1. The molecule has 0 aliphatic rings. The van der Waals surface area contributed by atoms with E-state index in [0.717, 1.165) is 12.2 Å². The molecule has 0 fully saturated rings. The fourth-order valence-electron chi connectivity index (χ4n) is 1.76. The lowest BCUT2D eigenvalue weighted by atomic mass is 10.0. The molecule has 1 aromatic rings. The lowest BCUT2D eigenvalue weighted by molar-refractivity contribution is -0.143. The molecule has 1 rings (SSSR count). The first-order chi connectivity index (χ1) is 9.93. The van der Waals surface area contributed by atoms with Crippen LogP contribution in [0.1, 0.15) is 36.5 Å². The zero-order valence-corrected chi connectivity index (χ0v) is 11.5. The number of aryl methyl sites for hydroxylation is 1. The van der Waals surface area contributed by atoms with Crippen molar-refractivity contribution in [1.82, 2.24) is 0 Å². The third kappa shape index (κ3) is 5.72. The van der Waals surface area contributed by atoms with E-state index in [9.17, 15) is 18.4 Å². The van der Waals surface area contributed by atoms with Crippen LogP contribution in [0.25, 0.3) is 6.08 Å². The highest BCUT2D eigenvalue weighted by atomic mass is 19.3. The molecule has 114 valence electrons. The number of rotatable bonds is 7. The van der Waals surface area contributed by atoms with E-state index < -0.39 is 12.4 Å². The second kappa shape index (κ2) is 8.14. The van der Waals surface area contributed by atoms with Crippen molar-refractivity contribution in [2.75, 3.05) is 6.61 Å². The van der Waals surface area contributed by atoms with Crippen LogP contribution in [0, 0.1) is 0 Å². The van der Waals surface area contributed by atoms with Crippen LogP contribution in [0.4, 0.5) is 8.78 Å². The lowest BCUT2D eigenvalue weighted by Crippen LogP contribution is -2.05. The number of hydrogen-bond donors (Lipinski definition) is 1. The molecule has 0 heterocycles. The highest BCUT2D eigenvalue weighted by molar-refractivity contribution is 5.85. The van der Waals surface area contributed by atoms with Crippen LogP contribution in [0.3, 0.4) is 0 Å². The molecular formula is C15H16F2O4. The third-order valence-corrected chi connectivity index (χ3v) is 2.71. The quantitative estimate of drug-likeness (QED) is 0.620. The van der Waals surface area contributed by atoms with Crippen LogP contribution >= 0.6 is 0 Å². The minimum Gasteiger partial charge on any atom is -0.478 e. The molecule has 0 atom stereocenters. The molecule has 0 unspecified atom stereocenters. The SMILES string of the molecule is CCOC(=O)CCc1ccc(C(F)F)c(/C=C/C(=O)O)c1. The number of halogens is 2. The van der Waals surface area contributed by atoms with Crippen molar-refractivity contribution in [2.45, 2.75) is 26.2 Å². The van der Waals surface area contributed by atoms with Gasteiger partial charge in [0.25, 0.3) is 6.43 Å². The van der Waals surface area contributed by atoms with Crippen LogP contribution in [0.15, 0.2) is 24.3 Å². The molecule has 6 heteroatoms. The fraction of sp³-hybridized carbons (Fsp3) is 0.333. The minimum absolute atomic E-state index is 0.133. The van der Waals surface area contributed by atoms with Crippen LogP contribution < -0.4 is 0 Å². The molecule has 0 spiro atoms. The molecule has 0 saturated heterocycles. The maximum atomic E-state index is 12.8. The van der Waals surface area contributed by atoms with Gasteiger partial charge in [0.1, 0.15) is 0 Å². The Labute approximate surface area is 121 Å². The van der Waals surface area contributed by atoms with Crippen LogP contribution in [0.2, 0.25) is 0 Å². The molecule has 0 aliphatic carbocycles. The highest BCUT2D eigenvalue weighted by Crippen LogP contribution is 2.25. The Kier molecular flexibility index (Phi) is 6.52. The Hall–Kier alpha value is -2.24. The first-order valence-corrected chi connectivity index (χ1v) is 6.41. The van der Waals surface area contributed by atoms with E-state index in [2.05, 4.69) is 0 Å². The van der Waals surface area contributed by atoms with E-state index in [0.29, 0.717) is 12.0 Å². The molecule has 0 bridgehead atoms. The average molecular weight is 298 g/mol. The maximum Gasteiger partial charge on any atom is 0.328 e. The van der Waals surface area contributed by atoms with Crippen LogP contribution in [0.5, 0.6) is 0 Å². The smallest absolute Gasteiger partial charge is 0.328 e. The number of carboxylic acids is 1. The van der Waals surface area contributed by atoms with Crippen molar-refractivity contribution >= 4 is 18.0 Å². The van der Waals surface area contributed by atoms with Gasteiger partial charge in [0.15, 0.2) is 0 Å². The Bertz CT molecular complexity index is 538. The standard InChI is InChI=1S/C15H16F2O4/c1-2-21-14(20)8-4-10-3-6-12(15(16)17)11(9-10)5-7-13(18)19/h3,5-7,9,15H,2,4,8H2,1H3,(H,18,19)/b7-5+. The fourth-order valence-corrected chi connectivity index (χ4v) is 1.76. The number of carbonyl (C=O) groups excluding carboxylic acids is 1. The molecule has 0 aliphatic heterocycles. The molecule has 1 aromatic carbocycles. The lowest BCUT2D eigenvalue weighted by Gasteiger charge is -2.08. The van der Waals surface area contributed by atoms with Crippen LogP contribution in [-0.2, 0) is 20.7 Å². The number of carboxylic acid groups (broad SMARTS) is 1. The van der Waals surface area contributed by atoms with Crippen molar-refractivity contribution in [1.29, 1.82) is 0 Å². The summed E-state index contributed by atoms with van der Waals surface area (Å²) in [5.74, 6) is -1.58. The summed E-state index contributed by atoms with van der Waals surface area (Å²) in [5, 5.41) is 8.57. The molecule has 1 N–H and O–H groups in total. The zero-order valence-electron chi connectivity index (χ0n) is 11.5. The monoisotopic (exact) mass is 298 g/mol.